The second kappa shape index (κ2) is 7.34. The topological polar surface area (TPSA) is 87.6 Å². The van der Waals surface area contributed by atoms with E-state index in [9.17, 15) is 13.2 Å². The number of carbonyl (C=O) groups is 1. The van der Waals surface area contributed by atoms with E-state index in [2.05, 4.69) is 15.0 Å². The van der Waals surface area contributed by atoms with E-state index in [1.165, 1.54) is 18.6 Å². The molecule has 7 heteroatoms. The molecule has 0 unspecified atom stereocenters. The molecule has 1 aliphatic heterocycles. The van der Waals surface area contributed by atoms with Crippen LogP contribution in [0.25, 0.3) is 0 Å². The van der Waals surface area contributed by atoms with E-state index >= 15 is 0 Å². The van der Waals surface area contributed by atoms with Crippen LogP contribution in [0.4, 0.5) is 5.69 Å². The molecule has 1 saturated carbocycles. The Morgan fingerprint density at radius 2 is 1.92 bits per heavy atom. The molecule has 1 aromatic rings. The Morgan fingerprint density at radius 3 is 2.62 bits per heavy atom. The summed E-state index contributed by atoms with van der Waals surface area (Å²) in [5.74, 6) is 0.522. The fourth-order valence-corrected chi connectivity index (χ4v) is 4.32. The number of rotatable bonds is 4. The molecule has 1 amide bonds. The maximum Gasteiger partial charge on any atom is 0.262 e. The largest absolute Gasteiger partial charge is 0.326 e. The second-order valence-corrected chi connectivity index (χ2v) is 8.07. The van der Waals surface area contributed by atoms with Crippen molar-refractivity contribution in [2.75, 3.05) is 11.9 Å². The molecule has 0 radical (unpaired) electrons. The SMILES string of the molecule is O=C(Nc1cccc(S(=O)(=O)NC2=NCCC2)c1)C1CCCCC1. The molecular weight excluding hydrogens is 326 g/mol. The van der Waals surface area contributed by atoms with E-state index in [0.717, 1.165) is 32.1 Å². The van der Waals surface area contributed by atoms with E-state index < -0.39 is 10.0 Å². The molecule has 1 aliphatic carbocycles. The molecule has 3 rings (SSSR count). The molecule has 130 valence electrons. The van der Waals surface area contributed by atoms with Crippen molar-refractivity contribution in [1.82, 2.24) is 4.72 Å². The average Bonchev–Trinajstić information content (AvgIpc) is 3.08. The monoisotopic (exact) mass is 349 g/mol. The van der Waals surface area contributed by atoms with Crippen molar-refractivity contribution >= 4 is 27.5 Å². The molecule has 24 heavy (non-hydrogen) atoms. The van der Waals surface area contributed by atoms with Gasteiger partial charge in [-0.15, -0.1) is 0 Å². The van der Waals surface area contributed by atoms with Crippen LogP contribution in [0.5, 0.6) is 0 Å². The average molecular weight is 349 g/mol. The maximum absolute atomic E-state index is 12.4. The molecule has 0 saturated heterocycles. The molecule has 1 aromatic carbocycles. The van der Waals surface area contributed by atoms with Crippen LogP contribution in [0.15, 0.2) is 34.2 Å². The molecule has 0 aromatic heterocycles. The van der Waals surface area contributed by atoms with E-state index in [4.69, 9.17) is 0 Å². The van der Waals surface area contributed by atoms with Gasteiger partial charge in [-0.1, -0.05) is 25.3 Å². The van der Waals surface area contributed by atoms with E-state index in [-0.39, 0.29) is 16.7 Å². The van der Waals surface area contributed by atoms with Gasteiger partial charge in [0.1, 0.15) is 5.84 Å². The fraction of sp³-hybridized carbons (Fsp3) is 0.529. The van der Waals surface area contributed by atoms with E-state index in [1.54, 1.807) is 12.1 Å². The number of hydrogen-bond donors (Lipinski definition) is 2. The van der Waals surface area contributed by atoms with Crippen LogP contribution in [0.3, 0.4) is 0 Å². The van der Waals surface area contributed by atoms with Gasteiger partial charge in [0.05, 0.1) is 4.90 Å². The number of hydrogen-bond acceptors (Lipinski definition) is 4. The summed E-state index contributed by atoms with van der Waals surface area (Å²) >= 11 is 0. The summed E-state index contributed by atoms with van der Waals surface area (Å²) in [6.07, 6.45) is 6.69. The van der Waals surface area contributed by atoms with Crippen LogP contribution in [0.1, 0.15) is 44.9 Å². The number of nitrogens with zero attached hydrogens (tertiary/aromatic N) is 1. The summed E-state index contributed by atoms with van der Waals surface area (Å²) in [5.41, 5.74) is 0.516. The van der Waals surface area contributed by atoms with Gasteiger partial charge in [0.15, 0.2) is 0 Å². The highest BCUT2D eigenvalue weighted by Gasteiger charge is 2.22. The fourth-order valence-electron chi connectivity index (χ4n) is 3.19. The lowest BCUT2D eigenvalue weighted by molar-refractivity contribution is -0.120. The minimum atomic E-state index is -3.66. The van der Waals surface area contributed by atoms with Crippen LogP contribution in [0, 0.1) is 5.92 Å². The minimum Gasteiger partial charge on any atom is -0.326 e. The lowest BCUT2D eigenvalue weighted by atomic mass is 9.88. The van der Waals surface area contributed by atoms with Gasteiger partial charge in [0.25, 0.3) is 10.0 Å². The number of carbonyl (C=O) groups excluding carboxylic acids is 1. The highest BCUT2D eigenvalue weighted by molar-refractivity contribution is 7.90. The summed E-state index contributed by atoms with van der Waals surface area (Å²) in [6, 6.07) is 6.38. The number of benzene rings is 1. The summed E-state index contributed by atoms with van der Waals surface area (Å²) in [6.45, 7) is 0.662. The zero-order chi connectivity index (χ0) is 17.0. The van der Waals surface area contributed by atoms with Gasteiger partial charge >= 0.3 is 0 Å². The first kappa shape index (κ1) is 17.0. The molecule has 6 nitrogen and oxygen atoms in total. The third-order valence-electron chi connectivity index (χ3n) is 4.51. The van der Waals surface area contributed by atoms with Gasteiger partial charge in [-0.2, -0.15) is 0 Å². The zero-order valence-corrected chi connectivity index (χ0v) is 14.4. The molecule has 2 aliphatic rings. The smallest absolute Gasteiger partial charge is 0.262 e. The van der Waals surface area contributed by atoms with Gasteiger partial charge < -0.3 is 5.32 Å². The molecule has 2 N–H and O–H groups in total. The molecule has 0 atom stereocenters. The number of anilines is 1. The van der Waals surface area contributed by atoms with Crippen LogP contribution in [-0.2, 0) is 14.8 Å². The van der Waals surface area contributed by atoms with Gasteiger partial charge in [0.2, 0.25) is 5.91 Å². The van der Waals surface area contributed by atoms with Crippen molar-refractivity contribution in [2.45, 2.75) is 49.8 Å². The molecular formula is C17H23N3O3S. The van der Waals surface area contributed by atoms with Crippen molar-refractivity contribution in [3.05, 3.63) is 24.3 Å². The Kier molecular flexibility index (Phi) is 5.18. The van der Waals surface area contributed by atoms with Gasteiger partial charge in [-0.3, -0.25) is 14.5 Å². The number of sulfonamides is 1. The Bertz CT molecular complexity index is 737. The highest BCUT2D eigenvalue weighted by atomic mass is 32.2. The van der Waals surface area contributed by atoms with Crippen LogP contribution in [-0.4, -0.2) is 26.7 Å². The zero-order valence-electron chi connectivity index (χ0n) is 13.6. The van der Waals surface area contributed by atoms with Crippen molar-refractivity contribution < 1.29 is 13.2 Å². The predicted octanol–water partition coefficient (Wildman–Crippen LogP) is 2.68. The van der Waals surface area contributed by atoms with E-state index in [0.29, 0.717) is 24.5 Å². The number of amides is 1. The summed E-state index contributed by atoms with van der Waals surface area (Å²) < 4.78 is 27.4. The predicted molar refractivity (Wildman–Crippen MR) is 93.5 cm³/mol. The Balaban J connectivity index is 1.70. The lowest BCUT2D eigenvalue weighted by Gasteiger charge is -2.20. The van der Waals surface area contributed by atoms with Crippen molar-refractivity contribution in [3.63, 3.8) is 0 Å². The normalized spacial score (nSPS) is 18.9. The van der Waals surface area contributed by atoms with Crippen molar-refractivity contribution in [2.24, 2.45) is 10.9 Å². The molecule has 1 fully saturated rings. The quantitative estimate of drug-likeness (QED) is 0.876. The highest BCUT2D eigenvalue weighted by Crippen LogP contribution is 2.25. The Labute approximate surface area is 142 Å². The maximum atomic E-state index is 12.4. The van der Waals surface area contributed by atoms with Crippen LogP contribution >= 0.6 is 0 Å². The third-order valence-corrected chi connectivity index (χ3v) is 5.89. The van der Waals surface area contributed by atoms with Gasteiger partial charge in [-0.25, -0.2) is 8.42 Å². The Hall–Kier alpha value is -1.89. The molecule has 0 bridgehead atoms. The van der Waals surface area contributed by atoms with Crippen LogP contribution < -0.4 is 10.0 Å². The number of nitrogens with one attached hydrogen (secondary N) is 2. The first-order valence-corrected chi connectivity index (χ1v) is 10.00. The summed E-state index contributed by atoms with van der Waals surface area (Å²) in [4.78, 5) is 16.6. The summed E-state index contributed by atoms with van der Waals surface area (Å²) in [5, 5.41) is 2.86. The minimum absolute atomic E-state index is 0.0163. The third kappa shape index (κ3) is 4.14. The molecule has 1 heterocycles. The summed E-state index contributed by atoms with van der Waals surface area (Å²) in [7, 11) is -3.66. The number of aliphatic imine (C=N–C) groups is 1. The van der Waals surface area contributed by atoms with Crippen molar-refractivity contribution in [3.8, 4) is 0 Å². The standard InChI is InChI=1S/C17H23N3O3S/c21-17(13-6-2-1-3-7-13)19-14-8-4-9-15(12-14)24(22,23)20-16-10-5-11-18-16/h4,8-9,12-13H,1-3,5-7,10-11H2,(H,18,20)(H,19,21). The first-order valence-electron chi connectivity index (χ1n) is 8.52. The van der Waals surface area contributed by atoms with E-state index in [1.807, 2.05) is 0 Å². The first-order chi connectivity index (χ1) is 11.5. The van der Waals surface area contributed by atoms with Crippen molar-refractivity contribution in [1.29, 1.82) is 0 Å². The lowest BCUT2D eigenvalue weighted by Crippen LogP contribution is -2.29. The van der Waals surface area contributed by atoms with Gasteiger partial charge in [-0.05, 0) is 37.5 Å². The van der Waals surface area contributed by atoms with Gasteiger partial charge in [0, 0.05) is 24.6 Å². The Morgan fingerprint density at radius 1 is 1.12 bits per heavy atom. The van der Waals surface area contributed by atoms with Crippen LogP contribution in [0.2, 0.25) is 0 Å². The number of amidine groups is 1. The molecule has 0 spiro atoms. The second-order valence-electron chi connectivity index (χ2n) is 6.39.